The van der Waals surface area contributed by atoms with Crippen LogP contribution in [0.3, 0.4) is 0 Å². The Kier molecular flexibility index (Phi) is 5.31. The van der Waals surface area contributed by atoms with E-state index in [4.69, 9.17) is 9.47 Å². The lowest BCUT2D eigenvalue weighted by molar-refractivity contribution is -0.111. The molecular weight excluding hydrogens is 386 g/mol. The number of aromatic nitrogens is 2. The summed E-state index contributed by atoms with van der Waals surface area (Å²) in [7, 11) is 3.16. The number of methoxy groups -OCH3 is 2. The number of H-pyrrole nitrogens is 1. The van der Waals surface area contributed by atoms with Gasteiger partial charge in [-0.15, -0.1) is 11.3 Å². The van der Waals surface area contributed by atoms with Crippen LogP contribution in [0.2, 0.25) is 0 Å². The number of thiazole rings is 1. The van der Waals surface area contributed by atoms with E-state index >= 15 is 0 Å². The van der Waals surface area contributed by atoms with Gasteiger partial charge in [-0.3, -0.25) is 10.1 Å². The van der Waals surface area contributed by atoms with Gasteiger partial charge in [0.25, 0.3) is 0 Å². The molecule has 0 aliphatic heterocycles. The van der Waals surface area contributed by atoms with E-state index in [0.717, 1.165) is 27.7 Å². The minimum Gasteiger partial charge on any atom is -0.493 e. The number of nitrogens with one attached hydrogen (secondary N) is 2. The van der Waals surface area contributed by atoms with E-state index in [-0.39, 0.29) is 5.91 Å². The molecule has 0 aliphatic rings. The molecule has 0 unspecified atom stereocenters. The van der Waals surface area contributed by atoms with E-state index in [0.29, 0.717) is 16.6 Å². The van der Waals surface area contributed by atoms with Crippen molar-refractivity contribution in [2.24, 2.45) is 0 Å². The number of amides is 1. The number of rotatable bonds is 6. The molecule has 2 aromatic carbocycles. The molecule has 0 saturated heterocycles. The van der Waals surface area contributed by atoms with Gasteiger partial charge in [0.15, 0.2) is 16.6 Å². The van der Waals surface area contributed by atoms with E-state index in [1.807, 2.05) is 41.9 Å². The van der Waals surface area contributed by atoms with Gasteiger partial charge in [0, 0.05) is 34.1 Å². The van der Waals surface area contributed by atoms with E-state index in [2.05, 4.69) is 15.3 Å². The van der Waals surface area contributed by atoms with Crippen LogP contribution >= 0.6 is 11.3 Å². The molecule has 146 valence electrons. The Hall–Kier alpha value is -3.58. The van der Waals surface area contributed by atoms with Crippen LogP contribution in [0.4, 0.5) is 5.13 Å². The number of carbonyl (C=O) groups excluding carboxylic acids is 1. The van der Waals surface area contributed by atoms with Crippen molar-refractivity contribution >= 4 is 39.4 Å². The van der Waals surface area contributed by atoms with Crippen molar-refractivity contribution in [3.63, 3.8) is 0 Å². The van der Waals surface area contributed by atoms with E-state index in [9.17, 15) is 4.79 Å². The highest BCUT2D eigenvalue weighted by Gasteiger charge is 2.11. The topological polar surface area (TPSA) is 76.2 Å². The summed E-state index contributed by atoms with van der Waals surface area (Å²) in [5, 5.41) is 6.39. The normalized spacial score (nSPS) is 11.1. The van der Waals surface area contributed by atoms with Crippen molar-refractivity contribution in [1.29, 1.82) is 0 Å². The van der Waals surface area contributed by atoms with Crippen LogP contribution < -0.4 is 14.8 Å². The van der Waals surface area contributed by atoms with Gasteiger partial charge in [0.1, 0.15) is 0 Å². The van der Waals surface area contributed by atoms with Gasteiger partial charge in [-0.1, -0.05) is 24.3 Å². The largest absolute Gasteiger partial charge is 0.493 e. The van der Waals surface area contributed by atoms with E-state index in [1.165, 1.54) is 17.4 Å². The van der Waals surface area contributed by atoms with Gasteiger partial charge in [-0.05, 0) is 29.8 Å². The van der Waals surface area contributed by atoms with Crippen molar-refractivity contribution in [3.05, 3.63) is 65.7 Å². The van der Waals surface area contributed by atoms with E-state index < -0.39 is 0 Å². The van der Waals surface area contributed by atoms with Gasteiger partial charge in [-0.25, -0.2) is 4.98 Å². The number of fused-ring (bicyclic) bond motifs is 1. The smallest absolute Gasteiger partial charge is 0.250 e. The fourth-order valence-corrected chi connectivity index (χ4v) is 3.73. The van der Waals surface area contributed by atoms with Crippen LogP contribution in [0.1, 0.15) is 5.56 Å². The molecular formula is C22H19N3O3S. The number of aromatic amines is 1. The van der Waals surface area contributed by atoms with Crippen LogP contribution in [-0.2, 0) is 4.79 Å². The molecule has 1 amide bonds. The maximum atomic E-state index is 12.3. The second kappa shape index (κ2) is 8.20. The van der Waals surface area contributed by atoms with Crippen LogP contribution in [0.5, 0.6) is 11.5 Å². The van der Waals surface area contributed by atoms with Crippen LogP contribution in [0, 0.1) is 0 Å². The SMILES string of the molecule is COc1ccc(/C=C/C(=O)Nc2nc(-c3c[nH]c4ccccc34)cs2)cc1OC. The Bertz CT molecular complexity index is 1190. The maximum absolute atomic E-state index is 12.3. The third kappa shape index (κ3) is 4.00. The lowest BCUT2D eigenvalue weighted by Crippen LogP contribution is -2.07. The number of hydrogen-bond donors (Lipinski definition) is 2. The number of anilines is 1. The number of hydrogen-bond acceptors (Lipinski definition) is 5. The first kappa shape index (κ1) is 18.8. The van der Waals surface area contributed by atoms with Gasteiger partial charge in [0.2, 0.25) is 5.91 Å². The fourth-order valence-electron chi connectivity index (χ4n) is 3.01. The number of benzene rings is 2. The van der Waals surface area contributed by atoms with Gasteiger partial charge in [0.05, 0.1) is 19.9 Å². The van der Waals surface area contributed by atoms with Gasteiger partial charge < -0.3 is 14.5 Å². The summed E-state index contributed by atoms with van der Waals surface area (Å²) < 4.78 is 10.5. The molecule has 4 aromatic rings. The average Bonchev–Trinajstić information content (AvgIpc) is 3.38. The molecule has 0 aliphatic carbocycles. The zero-order valence-electron chi connectivity index (χ0n) is 15.9. The summed E-state index contributed by atoms with van der Waals surface area (Å²) in [6, 6.07) is 13.5. The molecule has 6 nitrogen and oxygen atoms in total. The summed E-state index contributed by atoms with van der Waals surface area (Å²) in [4.78, 5) is 20.1. The molecule has 2 N–H and O–H groups in total. The number of ether oxygens (including phenoxy) is 2. The third-order valence-corrected chi connectivity index (χ3v) is 5.19. The fraction of sp³-hybridized carbons (Fsp3) is 0.0909. The Morgan fingerprint density at radius 1 is 1.14 bits per heavy atom. The zero-order valence-corrected chi connectivity index (χ0v) is 16.7. The Labute approximate surface area is 171 Å². The lowest BCUT2D eigenvalue weighted by Gasteiger charge is -2.07. The molecule has 0 spiro atoms. The highest BCUT2D eigenvalue weighted by atomic mass is 32.1. The Morgan fingerprint density at radius 2 is 1.97 bits per heavy atom. The summed E-state index contributed by atoms with van der Waals surface area (Å²) >= 11 is 1.39. The van der Waals surface area contributed by atoms with Crippen LogP contribution in [-0.4, -0.2) is 30.1 Å². The predicted octanol–water partition coefficient (Wildman–Crippen LogP) is 4.96. The predicted molar refractivity (Wildman–Crippen MR) is 117 cm³/mol. The third-order valence-electron chi connectivity index (χ3n) is 4.43. The second-order valence-corrected chi connectivity index (χ2v) is 7.08. The first-order chi connectivity index (χ1) is 14.2. The molecule has 2 heterocycles. The molecule has 0 bridgehead atoms. The number of para-hydroxylation sites is 1. The summed E-state index contributed by atoms with van der Waals surface area (Å²) in [5.41, 5.74) is 3.72. The summed E-state index contributed by atoms with van der Waals surface area (Å²) in [6.07, 6.45) is 5.11. The van der Waals surface area contributed by atoms with Crippen molar-refractivity contribution in [2.75, 3.05) is 19.5 Å². The molecule has 2 aromatic heterocycles. The molecule has 0 saturated carbocycles. The van der Waals surface area contributed by atoms with Crippen molar-refractivity contribution in [2.45, 2.75) is 0 Å². The Morgan fingerprint density at radius 3 is 2.79 bits per heavy atom. The molecule has 4 rings (SSSR count). The minimum absolute atomic E-state index is 0.250. The summed E-state index contributed by atoms with van der Waals surface area (Å²) in [5.74, 6) is 1.000. The zero-order chi connectivity index (χ0) is 20.2. The molecule has 29 heavy (non-hydrogen) atoms. The standard InChI is InChI=1S/C22H19N3O3S/c1-27-19-9-7-14(11-20(19)28-2)8-10-21(26)25-22-24-18(13-29-22)16-12-23-17-6-4-3-5-15(16)17/h3-13,23H,1-2H3,(H,24,25,26)/b10-8+. The molecule has 7 heteroatoms. The second-order valence-electron chi connectivity index (χ2n) is 6.22. The van der Waals surface area contributed by atoms with Gasteiger partial charge in [-0.2, -0.15) is 0 Å². The van der Waals surface area contributed by atoms with Gasteiger partial charge >= 0.3 is 0 Å². The average molecular weight is 405 g/mol. The van der Waals surface area contributed by atoms with E-state index in [1.54, 1.807) is 32.4 Å². The van der Waals surface area contributed by atoms with Crippen LogP contribution in [0.15, 0.2) is 60.1 Å². The Balaban J connectivity index is 1.46. The summed E-state index contributed by atoms with van der Waals surface area (Å²) in [6.45, 7) is 0. The lowest BCUT2D eigenvalue weighted by atomic mass is 10.1. The first-order valence-electron chi connectivity index (χ1n) is 8.91. The van der Waals surface area contributed by atoms with Crippen molar-refractivity contribution in [3.8, 4) is 22.8 Å². The number of carbonyl (C=O) groups is 1. The first-order valence-corrected chi connectivity index (χ1v) is 9.79. The monoisotopic (exact) mass is 405 g/mol. The molecule has 0 radical (unpaired) electrons. The van der Waals surface area contributed by atoms with Crippen molar-refractivity contribution in [1.82, 2.24) is 9.97 Å². The minimum atomic E-state index is -0.250. The molecule has 0 atom stereocenters. The van der Waals surface area contributed by atoms with Crippen molar-refractivity contribution < 1.29 is 14.3 Å². The van der Waals surface area contributed by atoms with Crippen LogP contribution in [0.25, 0.3) is 28.2 Å². The quantitative estimate of drug-likeness (QED) is 0.445. The molecule has 0 fully saturated rings. The highest BCUT2D eigenvalue weighted by Crippen LogP contribution is 2.31. The maximum Gasteiger partial charge on any atom is 0.250 e. The number of nitrogens with zero attached hydrogens (tertiary/aromatic N) is 1. The highest BCUT2D eigenvalue weighted by molar-refractivity contribution is 7.14.